The number of carbonyl (C=O) groups excluding carboxylic acids is 1. The van der Waals surface area contributed by atoms with Crippen molar-refractivity contribution in [1.29, 1.82) is 0 Å². The highest BCUT2D eigenvalue weighted by Gasteiger charge is 2.11. The molecule has 0 unspecified atom stereocenters. The van der Waals surface area contributed by atoms with E-state index in [0.29, 0.717) is 25.4 Å². The van der Waals surface area contributed by atoms with Gasteiger partial charge in [-0.1, -0.05) is 42.5 Å². The van der Waals surface area contributed by atoms with Gasteiger partial charge in [0.15, 0.2) is 6.61 Å². The van der Waals surface area contributed by atoms with Crippen molar-refractivity contribution in [3.8, 4) is 11.5 Å². The molecule has 34 heavy (non-hydrogen) atoms. The average molecular weight is 458 g/mol. The Morgan fingerprint density at radius 3 is 2.59 bits per heavy atom. The summed E-state index contributed by atoms with van der Waals surface area (Å²) in [6, 6.07) is 23.6. The lowest BCUT2D eigenvalue weighted by molar-refractivity contribution is -0.123. The van der Waals surface area contributed by atoms with E-state index >= 15 is 0 Å². The molecule has 4 rings (SSSR count). The average Bonchev–Trinajstić information content (AvgIpc) is 3.21. The van der Waals surface area contributed by atoms with Gasteiger partial charge in [0.1, 0.15) is 23.9 Å². The Bertz CT molecular complexity index is 1230. The minimum Gasteiger partial charge on any atom is -0.491 e. The van der Waals surface area contributed by atoms with E-state index in [4.69, 9.17) is 14.5 Å². The summed E-state index contributed by atoms with van der Waals surface area (Å²) in [6.07, 6.45) is 1.55. The van der Waals surface area contributed by atoms with Crippen LogP contribution in [-0.4, -0.2) is 35.2 Å². The van der Waals surface area contributed by atoms with Crippen LogP contribution in [0.1, 0.15) is 23.4 Å². The molecule has 176 valence electrons. The molecule has 1 heterocycles. The molecule has 0 fully saturated rings. The third-order valence-corrected chi connectivity index (χ3v) is 5.87. The fourth-order valence-corrected chi connectivity index (χ4v) is 3.88. The molecule has 0 radical (unpaired) electrons. The van der Waals surface area contributed by atoms with Crippen LogP contribution in [-0.2, 0) is 17.8 Å². The van der Waals surface area contributed by atoms with Crippen LogP contribution in [0.4, 0.5) is 0 Å². The zero-order valence-corrected chi connectivity index (χ0v) is 19.8. The van der Waals surface area contributed by atoms with Crippen LogP contribution in [0.15, 0.2) is 72.8 Å². The molecular weight excluding hydrogens is 426 g/mol. The maximum atomic E-state index is 12.1. The summed E-state index contributed by atoms with van der Waals surface area (Å²) in [5.41, 5.74) is 4.47. The Balaban J connectivity index is 1.31. The number of rotatable bonds is 11. The lowest BCUT2D eigenvalue weighted by Gasteiger charge is -2.13. The molecule has 6 nitrogen and oxygen atoms in total. The van der Waals surface area contributed by atoms with Crippen molar-refractivity contribution < 1.29 is 14.3 Å². The Hall–Kier alpha value is -3.80. The standard InChI is InChI=1S/C28H31N3O3/c1-21-10-8-15-26(22(21)2)33-19-18-31-25-14-7-6-13-24(25)30-27(31)16-9-17-29-28(32)20-34-23-11-4-3-5-12-23/h3-8,10-15H,9,16-20H2,1-2H3,(H,29,32). The van der Waals surface area contributed by atoms with E-state index in [0.717, 1.165) is 35.4 Å². The van der Waals surface area contributed by atoms with Crippen LogP contribution in [0, 0.1) is 13.8 Å². The van der Waals surface area contributed by atoms with E-state index in [1.807, 2.05) is 60.7 Å². The van der Waals surface area contributed by atoms with E-state index in [1.165, 1.54) is 11.1 Å². The third kappa shape index (κ3) is 5.95. The maximum Gasteiger partial charge on any atom is 0.257 e. The number of ether oxygens (including phenoxy) is 2. The molecule has 1 amide bonds. The number of carbonyl (C=O) groups is 1. The second-order valence-corrected chi connectivity index (χ2v) is 8.27. The minimum absolute atomic E-state index is 0.0121. The van der Waals surface area contributed by atoms with Crippen LogP contribution in [0.25, 0.3) is 11.0 Å². The number of hydrogen-bond acceptors (Lipinski definition) is 4. The summed E-state index contributed by atoms with van der Waals surface area (Å²) in [5.74, 6) is 2.49. The van der Waals surface area contributed by atoms with Gasteiger partial charge < -0.3 is 19.4 Å². The number of fused-ring (bicyclic) bond motifs is 1. The summed E-state index contributed by atoms with van der Waals surface area (Å²) in [7, 11) is 0. The molecule has 0 aliphatic rings. The predicted molar refractivity (Wildman–Crippen MR) is 134 cm³/mol. The van der Waals surface area contributed by atoms with Gasteiger partial charge in [-0.2, -0.15) is 0 Å². The van der Waals surface area contributed by atoms with E-state index in [2.05, 4.69) is 35.9 Å². The molecule has 0 spiro atoms. The van der Waals surface area contributed by atoms with E-state index in [-0.39, 0.29) is 12.5 Å². The number of amides is 1. The molecule has 1 N–H and O–H groups in total. The molecule has 0 aliphatic carbocycles. The normalized spacial score (nSPS) is 10.9. The lowest BCUT2D eigenvalue weighted by Crippen LogP contribution is -2.30. The molecule has 0 atom stereocenters. The van der Waals surface area contributed by atoms with Gasteiger partial charge in [0.05, 0.1) is 17.6 Å². The number of hydrogen-bond donors (Lipinski definition) is 1. The van der Waals surface area contributed by atoms with Crippen LogP contribution >= 0.6 is 0 Å². The van der Waals surface area contributed by atoms with Gasteiger partial charge in [-0.3, -0.25) is 4.79 Å². The highest BCUT2D eigenvalue weighted by atomic mass is 16.5. The number of nitrogens with one attached hydrogen (secondary N) is 1. The molecule has 3 aromatic carbocycles. The largest absolute Gasteiger partial charge is 0.491 e. The molecule has 6 heteroatoms. The second-order valence-electron chi connectivity index (χ2n) is 8.27. The zero-order chi connectivity index (χ0) is 23.8. The van der Waals surface area contributed by atoms with Crippen molar-refractivity contribution in [1.82, 2.24) is 14.9 Å². The lowest BCUT2D eigenvalue weighted by atomic mass is 10.1. The number of para-hydroxylation sites is 3. The first-order valence-corrected chi connectivity index (χ1v) is 11.7. The van der Waals surface area contributed by atoms with Gasteiger partial charge in [0, 0.05) is 13.0 Å². The number of benzene rings is 3. The SMILES string of the molecule is Cc1cccc(OCCn2c(CCCNC(=O)COc3ccccc3)nc3ccccc32)c1C. The summed E-state index contributed by atoms with van der Waals surface area (Å²) in [6.45, 7) is 6.03. The van der Waals surface area contributed by atoms with Crippen molar-refractivity contribution in [3.63, 3.8) is 0 Å². The van der Waals surface area contributed by atoms with Crippen molar-refractivity contribution in [2.75, 3.05) is 19.8 Å². The van der Waals surface area contributed by atoms with Gasteiger partial charge >= 0.3 is 0 Å². The summed E-state index contributed by atoms with van der Waals surface area (Å²) >= 11 is 0. The van der Waals surface area contributed by atoms with Gasteiger partial charge in [-0.05, 0) is 61.7 Å². The highest BCUT2D eigenvalue weighted by Crippen LogP contribution is 2.21. The first-order valence-electron chi connectivity index (χ1n) is 11.7. The van der Waals surface area contributed by atoms with Crippen molar-refractivity contribution >= 4 is 16.9 Å². The molecule has 1 aromatic heterocycles. The fourth-order valence-electron chi connectivity index (χ4n) is 3.88. The summed E-state index contributed by atoms with van der Waals surface area (Å²) in [5, 5.41) is 2.93. The first-order chi connectivity index (χ1) is 16.6. The Kier molecular flexibility index (Phi) is 7.81. The van der Waals surface area contributed by atoms with Crippen molar-refractivity contribution in [2.45, 2.75) is 33.2 Å². The Morgan fingerprint density at radius 2 is 1.74 bits per heavy atom. The minimum atomic E-state index is -0.126. The highest BCUT2D eigenvalue weighted by molar-refractivity contribution is 5.77. The summed E-state index contributed by atoms with van der Waals surface area (Å²) in [4.78, 5) is 16.9. The van der Waals surface area contributed by atoms with Gasteiger partial charge in [0.25, 0.3) is 5.91 Å². The molecule has 4 aromatic rings. The molecule has 0 saturated heterocycles. The Morgan fingerprint density at radius 1 is 0.941 bits per heavy atom. The molecular formula is C28H31N3O3. The number of nitrogens with zero attached hydrogens (tertiary/aromatic N) is 2. The number of imidazole rings is 1. The van der Waals surface area contributed by atoms with Crippen LogP contribution in [0.3, 0.4) is 0 Å². The zero-order valence-electron chi connectivity index (χ0n) is 19.8. The van der Waals surface area contributed by atoms with Crippen LogP contribution in [0.5, 0.6) is 11.5 Å². The molecule has 0 bridgehead atoms. The predicted octanol–water partition coefficient (Wildman–Crippen LogP) is 4.86. The van der Waals surface area contributed by atoms with Crippen LogP contribution in [0.2, 0.25) is 0 Å². The first kappa shape index (κ1) is 23.4. The molecule has 0 aliphatic heterocycles. The van der Waals surface area contributed by atoms with E-state index in [1.54, 1.807) is 0 Å². The molecule has 0 saturated carbocycles. The second kappa shape index (κ2) is 11.4. The van der Waals surface area contributed by atoms with E-state index in [9.17, 15) is 4.79 Å². The van der Waals surface area contributed by atoms with E-state index < -0.39 is 0 Å². The van der Waals surface area contributed by atoms with Crippen molar-refractivity contribution in [3.05, 3.63) is 89.7 Å². The quantitative estimate of drug-likeness (QED) is 0.327. The maximum absolute atomic E-state index is 12.1. The van der Waals surface area contributed by atoms with Crippen LogP contribution < -0.4 is 14.8 Å². The fraction of sp³-hybridized carbons (Fsp3) is 0.286. The van der Waals surface area contributed by atoms with Crippen molar-refractivity contribution in [2.24, 2.45) is 0 Å². The number of aryl methyl sites for hydroxylation is 2. The van der Waals surface area contributed by atoms with Gasteiger partial charge in [-0.15, -0.1) is 0 Å². The third-order valence-electron chi connectivity index (χ3n) is 5.87. The summed E-state index contributed by atoms with van der Waals surface area (Å²) < 4.78 is 13.8. The van der Waals surface area contributed by atoms with Gasteiger partial charge in [0.2, 0.25) is 0 Å². The van der Waals surface area contributed by atoms with Gasteiger partial charge in [-0.25, -0.2) is 4.98 Å². The smallest absolute Gasteiger partial charge is 0.257 e. The monoisotopic (exact) mass is 457 g/mol. The number of aromatic nitrogens is 2. The topological polar surface area (TPSA) is 65.4 Å². The Labute approximate surface area is 200 Å².